The molecule has 0 N–H and O–H groups in total. The Kier molecular flexibility index (Phi) is 8.07. The van der Waals surface area contributed by atoms with Gasteiger partial charge >= 0.3 is 0 Å². The van der Waals surface area contributed by atoms with E-state index in [1.165, 1.54) is 6.42 Å². The summed E-state index contributed by atoms with van der Waals surface area (Å²) in [4.78, 5) is 0. The summed E-state index contributed by atoms with van der Waals surface area (Å²) < 4.78 is 11.3. The van der Waals surface area contributed by atoms with E-state index in [-0.39, 0.29) is 5.60 Å². The fraction of sp³-hybridized carbons (Fsp3) is 1.00. The molecule has 2 unspecified atom stereocenters. The number of rotatable bonds is 9. The minimum Gasteiger partial charge on any atom is -0.378 e. The Labute approximate surface area is 95.3 Å². The Morgan fingerprint density at radius 2 is 1.80 bits per heavy atom. The Morgan fingerprint density at radius 1 is 1.13 bits per heavy atom. The maximum absolute atomic E-state index is 5.75. The van der Waals surface area contributed by atoms with Crippen LogP contribution < -0.4 is 0 Å². The summed E-state index contributed by atoms with van der Waals surface area (Å²) in [6.07, 6.45) is 5.99. The summed E-state index contributed by atoms with van der Waals surface area (Å²) in [5.74, 6) is 0. The first-order valence-corrected chi connectivity index (χ1v) is 6.24. The van der Waals surface area contributed by atoms with E-state index in [0.29, 0.717) is 6.10 Å². The molecule has 2 heteroatoms. The zero-order valence-corrected chi connectivity index (χ0v) is 11.1. The molecule has 0 amide bonds. The van der Waals surface area contributed by atoms with Crippen molar-refractivity contribution in [2.45, 2.75) is 71.5 Å². The van der Waals surface area contributed by atoms with Crippen molar-refractivity contribution in [1.82, 2.24) is 0 Å². The zero-order chi connectivity index (χ0) is 11.7. The molecule has 0 aromatic heterocycles. The quantitative estimate of drug-likeness (QED) is 0.584. The number of methoxy groups -OCH3 is 1. The van der Waals surface area contributed by atoms with Crippen LogP contribution in [0.5, 0.6) is 0 Å². The van der Waals surface area contributed by atoms with Gasteiger partial charge in [-0.2, -0.15) is 0 Å². The van der Waals surface area contributed by atoms with Crippen molar-refractivity contribution < 1.29 is 9.47 Å². The van der Waals surface area contributed by atoms with Crippen LogP contribution in [0.3, 0.4) is 0 Å². The molecule has 0 aliphatic rings. The lowest BCUT2D eigenvalue weighted by Crippen LogP contribution is -2.29. The van der Waals surface area contributed by atoms with E-state index in [4.69, 9.17) is 9.47 Å². The van der Waals surface area contributed by atoms with E-state index >= 15 is 0 Å². The summed E-state index contributed by atoms with van der Waals surface area (Å²) >= 11 is 0. The lowest BCUT2D eigenvalue weighted by molar-refractivity contribution is -0.0413. The SMILES string of the molecule is CCCC(C)OCCC(C)(CCC)OC. The summed E-state index contributed by atoms with van der Waals surface area (Å²) in [5.41, 5.74) is 0.000679. The molecule has 2 atom stereocenters. The van der Waals surface area contributed by atoms with Gasteiger partial charge in [-0.25, -0.2) is 0 Å². The van der Waals surface area contributed by atoms with Crippen molar-refractivity contribution in [2.75, 3.05) is 13.7 Å². The molecule has 0 rings (SSSR count). The largest absolute Gasteiger partial charge is 0.378 e. The van der Waals surface area contributed by atoms with E-state index in [9.17, 15) is 0 Å². The van der Waals surface area contributed by atoms with Crippen molar-refractivity contribution in [3.05, 3.63) is 0 Å². The van der Waals surface area contributed by atoms with Gasteiger partial charge in [0.15, 0.2) is 0 Å². The molecule has 0 aromatic rings. The second-order valence-corrected chi connectivity index (χ2v) is 4.62. The number of ether oxygens (including phenoxy) is 2. The predicted octanol–water partition coefficient (Wildman–Crippen LogP) is 3.79. The van der Waals surface area contributed by atoms with Gasteiger partial charge in [0.25, 0.3) is 0 Å². The molecule has 0 radical (unpaired) electrons. The van der Waals surface area contributed by atoms with Crippen molar-refractivity contribution >= 4 is 0 Å². The van der Waals surface area contributed by atoms with Gasteiger partial charge in [0.2, 0.25) is 0 Å². The van der Waals surface area contributed by atoms with Gasteiger partial charge in [0.1, 0.15) is 0 Å². The molecule has 0 aliphatic heterocycles. The molecule has 15 heavy (non-hydrogen) atoms. The summed E-state index contributed by atoms with van der Waals surface area (Å²) in [5, 5.41) is 0. The highest BCUT2D eigenvalue weighted by Gasteiger charge is 2.22. The van der Waals surface area contributed by atoms with E-state index in [2.05, 4.69) is 27.7 Å². The molecule has 0 fully saturated rings. The average Bonchev–Trinajstić information content (AvgIpc) is 2.18. The molecule has 0 bridgehead atoms. The summed E-state index contributed by atoms with van der Waals surface area (Å²) in [7, 11) is 1.80. The monoisotopic (exact) mass is 216 g/mol. The lowest BCUT2D eigenvalue weighted by Gasteiger charge is -2.28. The van der Waals surface area contributed by atoms with Crippen LogP contribution in [0.1, 0.15) is 59.8 Å². The summed E-state index contributed by atoms with van der Waals surface area (Å²) in [6, 6.07) is 0. The fourth-order valence-corrected chi connectivity index (χ4v) is 1.82. The van der Waals surface area contributed by atoms with Crippen LogP contribution in [0.25, 0.3) is 0 Å². The highest BCUT2D eigenvalue weighted by molar-refractivity contribution is 4.73. The third-order valence-electron chi connectivity index (χ3n) is 3.00. The van der Waals surface area contributed by atoms with Crippen molar-refractivity contribution in [3.8, 4) is 0 Å². The second-order valence-electron chi connectivity index (χ2n) is 4.62. The standard InChI is InChI=1S/C13H28O2/c1-6-8-12(3)15-11-10-13(4,14-5)9-7-2/h12H,6-11H2,1-5H3. The fourth-order valence-electron chi connectivity index (χ4n) is 1.82. The smallest absolute Gasteiger partial charge is 0.0672 e. The third-order valence-corrected chi connectivity index (χ3v) is 3.00. The molecule has 0 saturated heterocycles. The maximum atomic E-state index is 5.75. The number of hydrogen-bond acceptors (Lipinski definition) is 2. The predicted molar refractivity (Wildman–Crippen MR) is 65.3 cm³/mol. The van der Waals surface area contributed by atoms with Crippen LogP contribution in [0.4, 0.5) is 0 Å². The van der Waals surface area contributed by atoms with Crippen LogP contribution in [0, 0.1) is 0 Å². The Hall–Kier alpha value is -0.0800. The molecular weight excluding hydrogens is 188 g/mol. The van der Waals surface area contributed by atoms with Crippen molar-refractivity contribution in [3.63, 3.8) is 0 Å². The third kappa shape index (κ3) is 6.91. The minimum absolute atomic E-state index is 0.000679. The molecule has 0 heterocycles. The van der Waals surface area contributed by atoms with E-state index in [1.54, 1.807) is 7.11 Å². The maximum Gasteiger partial charge on any atom is 0.0672 e. The second kappa shape index (κ2) is 8.12. The van der Waals surface area contributed by atoms with Gasteiger partial charge in [-0.1, -0.05) is 26.7 Å². The Bertz CT molecular complexity index is 147. The first-order valence-electron chi connectivity index (χ1n) is 6.24. The molecule has 0 saturated carbocycles. The zero-order valence-electron chi connectivity index (χ0n) is 11.1. The van der Waals surface area contributed by atoms with Gasteiger partial charge in [-0.3, -0.25) is 0 Å². The van der Waals surface area contributed by atoms with E-state index in [1.807, 2.05) is 0 Å². The van der Waals surface area contributed by atoms with Crippen LogP contribution >= 0.6 is 0 Å². The average molecular weight is 216 g/mol. The number of hydrogen-bond donors (Lipinski definition) is 0. The van der Waals surface area contributed by atoms with E-state index in [0.717, 1.165) is 32.3 Å². The van der Waals surface area contributed by atoms with Crippen LogP contribution in [0.15, 0.2) is 0 Å². The van der Waals surface area contributed by atoms with Crippen LogP contribution in [0.2, 0.25) is 0 Å². The molecule has 0 aliphatic carbocycles. The molecule has 0 spiro atoms. The van der Waals surface area contributed by atoms with Crippen LogP contribution in [-0.2, 0) is 9.47 Å². The Balaban J connectivity index is 3.71. The van der Waals surface area contributed by atoms with Crippen LogP contribution in [-0.4, -0.2) is 25.4 Å². The van der Waals surface area contributed by atoms with Crippen molar-refractivity contribution in [2.24, 2.45) is 0 Å². The Morgan fingerprint density at radius 3 is 2.27 bits per heavy atom. The highest BCUT2D eigenvalue weighted by atomic mass is 16.5. The van der Waals surface area contributed by atoms with Gasteiger partial charge in [0, 0.05) is 13.7 Å². The lowest BCUT2D eigenvalue weighted by atomic mass is 9.97. The minimum atomic E-state index is 0.000679. The van der Waals surface area contributed by atoms with E-state index < -0.39 is 0 Å². The van der Waals surface area contributed by atoms with Gasteiger partial charge in [0.05, 0.1) is 11.7 Å². The summed E-state index contributed by atoms with van der Waals surface area (Å²) in [6.45, 7) is 9.51. The highest BCUT2D eigenvalue weighted by Crippen LogP contribution is 2.21. The van der Waals surface area contributed by atoms with Gasteiger partial charge in [-0.15, -0.1) is 0 Å². The molecule has 92 valence electrons. The first-order chi connectivity index (χ1) is 7.08. The molecule has 0 aromatic carbocycles. The van der Waals surface area contributed by atoms with Gasteiger partial charge in [-0.05, 0) is 33.1 Å². The van der Waals surface area contributed by atoms with Gasteiger partial charge < -0.3 is 9.47 Å². The topological polar surface area (TPSA) is 18.5 Å². The normalized spacial score (nSPS) is 17.4. The first kappa shape index (κ1) is 14.9. The molecule has 2 nitrogen and oxygen atoms in total. The van der Waals surface area contributed by atoms with Crippen molar-refractivity contribution in [1.29, 1.82) is 0 Å². The molecular formula is C13H28O2.